The van der Waals surface area contributed by atoms with Gasteiger partial charge in [-0.3, -0.25) is 4.68 Å². The summed E-state index contributed by atoms with van der Waals surface area (Å²) in [5, 5.41) is 24.8. The predicted molar refractivity (Wildman–Crippen MR) is 87.5 cm³/mol. The number of aliphatic hydroxyl groups is 1. The Morgan fingerprint density at radius 3 is 3.09 bits per heavy atom. The second-order valence-electron chi connectivity index (χ2n) is 5.48. The molecule has 3 rings (SSSR count). The van der Waals surface area contributed by atoms with Gasteiger partial charge < -0.3 is 20.6 Å². The Labute approximate surface area is 134 Å². The molecular weight excluding hydrogens is 296 g/mol. The molecule has 1 aromatic heterocycles. The van der Waals surface area contributed by atoms with Crippen LogP contribution in [0.2, 0.25) is 0 Å². The van der Waals surface area contributed by atoms with Crippen LogP contribution in [0.3, 0.4) is 0 Å². The van der Waals surface area contributed by atoms with Crippen LogP contribution < -0.4 is 10.1 Å². The molecule has 0 amide bonds. The van der Waals surface area contributed by atoms with Crippen molar-refractivity contribution in [1.82, 2.24) is 15.1 Å². The number of amidine groups is 1. The van der Waals surface area contributed by atoms with E-state index in [4.69, 9.17) is 10.1 Å². The normalized spacial score (nSPS) is 26.0. The van der Waals surface area contributed by atoms with E-state index in [-0.39, 0.29) is 17.8 Å². The second kappa shape index (κ2) is 6.74. The van der Waals surface area contributed by atoms with Crippen LogP contribution in [-0.2, 0) is 0 Å². The molecule has 0 radical (unpaired) electrons. The molecule has 2 atom stereocenters. The molecule has 0 bridgehead atoms. The Morgan fingerprint density at radius 2 is 2.39 bits per heavy atom. The smallest absolute Gasteiger partial charge is 0.325 e. The average molecular weight is 316 g/mol. The molecule has 8 nitrogen and oxygen atoms in total. The van der Waals surface area contributed by atoms with Crippen molar-refractivity contribution >= 4 is 18.1 Å². The predicted octanol–water partition coefficient (Wildman–Crippen LogP) is 1.68. The van der Waals surface area contributed by atoms with Gasteiger partial charge in [-0.05, 0) is 32.5 Å². The van der Waals surface area contributed by atoms with E-state index in [9.17, 15) is 5.11 Å². The van der Waals surface area contributed by atoms with Crippen molar-refractivity contribution in [2.24, 2.45) is 15.9 Å². The van der Waals surface area contributed by atoms with Crippen LogP contribution in [0.5, 0.6) is 5.75 Å². The number of hydrogen-bond acceptors (Lipinski definition) is 6. The highest BCUT2D eigenvalue weighted by Gasteiger charge is 2.25. The van der Waals surface area contributed by atoms with Gasteiger partial charge in [0.15, 0.2) is 11.6 Å². The van der Waals surface area contributed by atoms with E-state index >= 15 is 0 Å². The lowest BCUT2D eigenvalue weighted by atomic mass is 10.0. The summed E-state index contributed by atoms with van der Waals surface area (Å²) in [6, 6.07) is 0.418. The molecule has 0 spiro atoms. The fraction of sp³-hybridized carbons (Fsp3) is 0.467. The third kappa shape index (κ3) is 3.31. The van der Waals surface area contributed by atoms with Crippen LogP contribution in [0.4, 0.5) is 0 Å². The quantitative estimate of drug-likeness (QED) is 0.734. The molecule has 1 unspecified atom stereocenters. The van der Waals surface area contributed by atoms with Gasteiger partial charge in [0.2, 0.25) is 0 Å². The number of rotatable bonds is 4. The Morgan fingerprint density at radius 1 is 1.52 bits per heavy atom. The third-order valence-electron chi connectivity index (χ3n) is 3.95. The van der Waals surface area contributed by atoms with Gasteiger partial charge in [0.25, 0.3) is 0 Å². The minimum absolute atomic E-state index is 0.0842. The van der Waals surface area contributed by atoms with Gasteiger partial charge in [-0.2, -0.15) is 15.1 Å². The number of aliphatic imine (C=N–C) groups is 2. The van der Waals surface area contributed by atoms with E-state index in [0.29, 0.717) is 23.9 Å². The molecule has 8 heteroatoms. The van der Waals surface area contributed by atoms with Crippen LogP contribution in [0.1, 0.15) is 25.8 Å². The summed E-state index contributed by atoms with van der Waals surface area (Å²) >= 11 is 0. The van der Waals surface area contributed by atoms with E-state index in [1.54, 1.807) is 12.3 Å². The number of nitrogens with one attached hydrogen (secondary N) is 2. The van der Waals surface area contributed by atoms with Crippen LogP contribution >= 0.6 is 0 Å². The Bertz CT molecular complexity index is 669. The molecular formula is C15H20N6O2. The highest BCUT2D eigenvalue weighted by atomic mass is 16.5. The highest BCUT2D eigenvalue weighted by molar-refractivity contribution is 5.96. The van der Waals surface area contributed by atoms with Crippen molar-refractivity contribution in [3.63, 3.8) is 0 Å². The zero-order valence-corrected chi connectivity index (χ0v) is 12.9. The van der Waals surface area contributed by atoms with Gasteiger partial charge >= 0.3 is 6.02 Å². The number of ether oxygens (including phenoxy) is 1. The topological polar surface area (TPSA) is 108 Å². The van der Waals surface area contributed by atoms with Gasteiger partial charge in [-0.15, -0.1) is 0 Å². The summed E-state index contributed by atoms with van der Waals surface area (Å²) < 4.78 is 7.50. The maximum absolute atomic E-state index is 10.0. The Kier molecular flexibility index (Phi) is 4.52. The van der Waals surface area contributed by atoms with Crippen molar-refractivity contribution < 1.29 is 9.84 Å². The first-order chi connectivity index (χ1) is 11.2. The number of aliphatic hydroxyl groups excluding tert-OH is 1. The fourth-order valence-corrected chi connectivity index (χ4v) is 2.72. The Balaban J connectivity index is 1.74. The Hall–Kier alpha value is -2.48. The number of allylic oxidation sites excluding steroid dienone is 1. The zero-order chi connectivity index (χ0) is 16.2. The summed E-state index contributed by atoms with van der Waals surface area (Å²) in [4.78, 5) is 8.30. The summed E-state index contributed by atoms with van der Waals surface area (Å²) in [6.07, 6.45) is 7.85. The molecule has 3 heterocycles. The lowest BCUT2D eigenvalue weighted by Crippen LogP contribution is -2.24. The second-order valence-corrected chi connectivity index (χ2v) is 5.48. The van der Waals surface area contributed by atoms with E-state index in [2.05, 4.69) is 20.4 Å². The van der Waals surface area contributed by atoms with Crippen molar-refractivity contribution in [2.45, 2.75) is 25.8 Å². The van der Waals surface area contributed by atoms with Gasteiger partial charge in [0.05, 0.1) is 30.1 Å². The maximum atomic E-state index is 10.0. The van der Waals surface area contributed by atoms with Crippen molar-refractivity contribution in [3.8, 4) is 5.75 Å². The van der Waals surface area contributed by atoms with Crippen LogP contribution in [-0.4, -0.2) is 46.1 Å². The maximum Gasteiger partial charge on any atom is 0.325 e. The van der Waals surface area contributed by atoms with Crippen molar-refractivity contribution in [2.75, 3.05) is 13.1 Å². The lowest BCUT2D eigenvalue weighted by molar-refractivity contribution is 0.475. The van der Waals surface area contributed by atoms with E-state index < -0.39 is 0 Å². The van der Waals surface area contributed by atoms with Crippen LogP contribution in [0, 0.1) is 11.3 Å². The number of hydrogen-bond donors (Lipinski definition) is 3. The molecule has 1 aromatic rings. The largest absolute Gasteiger partial charge is 0.496 e. The lowest BCUT2D eigenvalue weighted by Gasteiger charge is -2.18. The molecule has 122 valence electrons. The van der Waals surface area contributed by atoms with E-state index in [0.717, 1.165) is 19.5 Å². The average Bonchev–Trinajstić information content (AvgIpc) is 3.20. The van der Waals surface area contributed by atoms with Gasteiger partial charge in [-0.25, -0.2) is 0 Å². The first-order valence-corrected chi connectivity index (χ1v) is 7.65. The molecule has 2 aliphatic rings. The minimum Gasteiger partial charge on any atom is -0.496 e. The highest BCUT2D eigenvalue weighted by Crippen LogP contribution is 2.23. The molecule has 0 saturated carbocycles. The molecule has 23 heavy (non-hydrogen) atoms. The standard InChI is InChI=1S/C15H20N6O2/c1-2-13-12(3-5-16)14(22)20-15(19-13)23-11-8-18-21(9-11)10-4-6-17-7-10/h2,5,8-10,12,16-17H,3-4,6-7H2,1H3,(H,19,20,22)/b13-2+,16-5?/t10-,12?/m1/s1. The minimum atomic E-state index is -0.378. The summed E-state index contributed by atoms with van der Waals surface area (Å²) in [6.45, 7) is 3.72. The molecule has 0 aromatic carbocycles. The SMILES string of the molecule is C/C=C1/N=C(Oc2cnn([C@@H]3CCNC3)c2)N=C(O)C1CC=N. The van der Waals surface area contributed by atoms with E-state index in [1.165, 1.54) is 6.21 Å². The fourth-order valence-electron chi connectivity index (χ4n) is 2.72. The zero-order valence-electron chi connectivity index (χ0n) is 12.9. The van der Waals surface area contributed by atoms with E-state index in [1.807, 2.05) is 17.8 Å². The first kappa shape index (κ1) is 15.4. The first-order valence-electron chi connectivity index (χ1n) is 7.65. The van der Waals surface area contributed by atoms with Gasteiger partial charge in [0, 0.05) is 6.54 Å². The van der Waals surface area contributed by atoms with Crippen LogP contribution in [0.15, 0.2) is 34.2 Å². The number of nitrogens with zero attached hydrogens (tertiary/aromatic N) is 4. The number of aromatic nitrogens is 2. The molecule has 2 aliphatic heterocycles. The summed E-state index contributed by atoms with van der Waals surface area (Å²) in [5.74, 6) is 0.0734. The summed E-state index contributed by atoms with van der Waals surface area (Å²) in [7, 11) is 0. The molecule has 1 saturated heterocycles. The van der Waals surface area contributed by atoms with Gasteiger partial charge in [-0.1, -0.05) is 6.08 Å². The van der Waals surface area contributed by atoms with Crippen molar-refractivity contribution in [3.05, 3.63) is 24.2 Å². The molecule has 1 fully saturated rings. The van der Waals surface area contributed by atoms with Gasteiger partial charge in [0.1, 0.15) is 0 Å². The van der Waals surface area contributed by atoms with Crippen molar-refractivity contribution in [1.29, 1.82) is 5.41 Å². The third-order valence-corrected chi connectivity index (χ3v) is 3.95. The summed E-state index contributed by atoms with van der Waals surface area (Å²) in [5.41, 5.74) is 0.642. The van der Waals surface area contributed by atoms with Crippen LogP contribution in [0.25, 0.3) is 0 Å². The monoisotopic (exact) mass is 316 g/mol. The molecule has 3 N–H and O–H groups in total. The molecule has 0 aliphatic carbocycles.